The fourth-order valence-electron chi connectivity index (χ4n) is 3.10. The Hall–Kier alpha value is -2.35. The molecule has 0 aliphatic heterocycles. The van der Waals surface area contributed by atoms with Gasteiger partial charge in [-0.05, 0) is 75.2 Å². The Labute approximate surface area is 193 Å². The minimum Gasteiger partial charge on any atom is -0.428 e. The van der Waals surface area contributed by atoms with E-state index in [1.54, 1.807) is 52.0 Å². The number of hydrogen-bond donors (Lipinski definition) is 0. The quantitative estimate of drug-likeness (QED) is 0.398. The van der Waals surface area contributed by atoms with Crippen LogP contribution in [0.3, 0.4) is 0 Å². The lowest BCUT2D eigenvalue weighted by Gasteiger charge is -2.30. The first kappa shape index (κ1) is 23.9. The van der Waals surface area contributed by atoms with E-state index in [9.17, 15) is 15.3 Å². The predicted molar refractivity (Wildman–Crippen MR) is 121 cm³/mol. The number of carbonyl (C=O) groups is 1. The first-order valence-electron chi connectivity index (χ1n) is 9.24. The predicted octanol–water partition coefficient (Wildman–Crippen LogP) is 6.45. The van der Waals surface area contributed by atoms with Crippen LogP contribution in [0.4, 0.5) is 4.79 Å². The number of halogens is 2. The molecule has 0 N–H and O–H groups in total. The van der Waals surface area contributed by atoms with Crippen molar-refractivity contribution in [3.8, 4) is 12.1 Å². The van der Waals surface area contributed by atoms with E-state index in [0.717, 1.165) is 20.1 Å². The zero-order valence-corrected chi connectivity index (χ0v) is 20.4. The molecule has 0 spiro atoms. The molecule has 2 aromatic rings. The summed E-state index contributed by atoms with van der Waals surface area (Å²) in [6.07, 6.45) is -0.0866. The van der Waals surface area contributed by atoms with Gasteiger partial charge in [-0.25, -0.2) is 4.79 Å². The molecule has 0 aliphatic carbocycles. The van der Waals surface area contributed by atoms with Gasteiger partial charge in [-0.1, -0.05) is 31.9 Å². The summed E-state index contributed by atoms with van der Waals surface area (Å²) in [4.78, 5) is 12.5. The van der Waals surface area contributed by atoms with E-state index in [-0.39, 0.29) is 0 Å². The number of nitrogens with zero attached hydrogens (tertiary/aromatic N) is 2. The van der Waals surface area contributed by atoms with Gasteiger partial charge in [-0.15, -0.1) is 0 Å². The van der Waals surface area contributed by atoms with Gasteiger partial charge in [0.05, 0.1) is 23.3 Å². The van der Waals surface area contributed by atoms with Gasteiger partial charge in [-0.3, -0.25) is 0 Å². The minimum atomic E-state index is -0.882. The maximum absolute atomic E-state index is 12.5. The Morgan fingerprint density at radius 3 is 1.53 bits per heavy atom. The lowest BCUT2D eigenvalue weighted by atomic mass is 9.95. The molecule has 0 aromatic heterocycles. The zero-order valence-electron chi connectivity index (χ0n) is 17.3. The molecular weight excluding hydrogens is 512 g/mol. The average Bonchev–Trinajstić information content (AvgIpc) is 2.60. The van der Waals surface area contributed by atoms with Crippen LogP contribution in [0, 0.1) is 22.7 Å². The first-order chi connectivity index (χ1) is 13.9. The summed E-state index contributed by atoms with van der Waals surface area (Å²) >= 11 is 6.81. The highest BCUT2D eigenvalue weighted by molar-refractivity contribution is 9.10. The van der Waals surface area contributed by atoms with E-state index in [1.807, 2.05) is 12.1 Å². The molecule has 0 amide bonds. The Morgan fingerprint density at radius 2 is 1.20 bits per heavy atom. The Bertz CT molecular complexity index is 952. The molecule has 0 saturated carbocycles. The van der Waals surface area contributed by atoms with Crippen LogP contribution in [-0.2, 0) is 22.3 Å². The second-order valence-corrected chi connectivity index (χ2v) is 9.98. The molecule has 0 fully saturated rings. The third kappa shape index (κ3) is 6.86. The fraction of sp³-hybridized carbons (Fsp3) is 0.348. The third-order valence-electron chi connectivity index (χ3n) is 4.33. The summed E-state index contributed by atoms with van der Waals surface area (Å²) < 4.78 is 12.8. The van der Waals surface area contributed by atoms with Gasteiger partial charge in [0.2, 0.25) is 0 Å². The molecule has 0 atom stereocenters. The minimum absolute atomic E-state index is 0.356. The number of ether oxygens (including phenoxy) is 2. The van der Waals surface area contributed by atoms with Crippen LogP contribution in [-0.4, -0.2) is 17.4 Å². The number of hydrogen-bond acceptors (Lipinski definition) is 5. The van der Waals surface area contributed by atoms with Gasteiger partial charge in [0, 0.05) is 21.8 Å². The summed E-state index contributed by atoms with van der Waals surface area (Å²) in [5.41, 5.74) is 0.846. The van der Waals surface area contributed by atoms with Crippen molar-refractivity contribution >= 4 is 38.0 Å². The molecule has 7 heteroatoms. The molecule has 2 rings (SSSR count). The van der Waals surface area contributed by atoms with E-state index in [1.165, 1.54) is 0 Å². The highest BCUT2D eigenvalue weighted by atomic mass is 79.9. The van der Waals surface area contributed by atoms with Crippen molar-refractivity contribution in [3.63, 3.8) is 0 Å². The van der Waals surface area contributed by atoms with Gasteiger partial charge in [0.1, 0.15) is 11.2 Å². The van der Waals surface area contributed by atoms with Crippen LogP contribution in [0.1, 0.15) is 49.9 Å². The van der Waals surface area contributed by atoms with Crippen molar-refractivity contribution in [3.05, 3.63) is 67.6 Å². The normalized spacial score (nSPS) is 11.3. The van der Waals surface area contributed by atoms with E-state index in [0.29, 0.717) is 24.0 Å². The maximum Gasteiger partial charge on any atom is 0.509 e. The van der Waals surface area contributed by atoms with E-state index in [4.69, 9.17) is 9.47 Å². The summed E-state index contributed by atoms with van der Waals surface area (Å²) in [6.45, 7) is 7.08. The first-order valence-corrected chi connectivity index (χ1v) is 10.8. The molecule has 0 unspecified atom stereocenters. The molecular formula is C23H22Br2N2O3. The SMILES string of the molecule is CC(C)(Cc1cc(Br)ccc1C#N)OC(=O)OC(C)(C)Cc1cc(Br)ccc1C#N. The largest absolute Gasteiger partial charge is 0.509 e. The van der Waals surface area contributed by atoms with Crippen molar-refractivity contribution in [2.75, 3.05) is 0 Å². The lowest BCUT2D eigenvalue weighted by molar-refractivity contribution is -0.0582. The topological polar surface area (TPSA) is 83.1 Å². The van der Waals surface area contributed by atoms with Crippen molar-refractivity contribution in [1.82, 2.24) is 0 Å². The molecule has 0 heterocycles. The average molecular weight is 534 g/mol. The summed E-state index contributed by atoms with van der Waals surface area (Å²) in [6, 6.07) is 15.0. The molecule has 30 heavy (non-hydrogen) atoms. The van der Waals surface area contributed by atoms with E-state index >= 15 is 0 Å². The highest BCUT2D eigenvalue weighted by Crippen LogP contribution is 2.26. The number of nitriles is 2. The van der Waals surface area contributed by atoms with Gasteiger partial charge >= 0.3 is 6.16 Å². The Kier molecular flexibility index (Phi) is 7.69. The molecule has 156 valence electrons. The van der Waals surface area contributed by atoms with E-state index in [2.05, 4.69) is 44.0 Å². The monoisotopic (exact) mass is 532 g/mol. The molecule has 0 saturated heterocycles. The van der Waals surface area contributed by atoms with Crippen molar-refractivity contribution in [2.45, 2.75) is 51.7 Å². The van der Waals surface area contributed by atoms with E-state index < -0.39 is 17.4 Å². The second-order valence-electron chi connectivity index (χ2n) is 8.15. The Balaban J connectivity index is 2.08. The van der Waals surface area contributed by atoms with Gasteiger partial charge in [-0.2, -0.15) is 10.5 Å². The fourth-order valence-corrected chi connectivity index (χ4v) is 3.91. The van der Waals surface area contributed by atoms with Gasteiger partial charge in [0.15, 0.2) is 0 Å². The van der Waals surface area contributed by atoms with Crippen LogP contribution in [0.25, 0.3) is 0 Å². The standard InChI is InChI=1S/C23H22Br2N2O3/c1-22(2,11-17-9-19(24)7-5-15(17)13-26)29-21(28)30-23(3,4)12-18-10-20(25)8-6-16(18)14-27/h5-10H,11-12H2,1-4H3. The van der Waals surface area contributed by atoms with Crippen molar-refractivity contribution in [1.29, 1.82) is 10.5 Å². The lowest BCUT2D eigenvalue weighted by Crippen LogP contribution is -2.37. The third-order valence-corrected chi connectivity index (χ3v) is 5.31. The van der Waals surface area contributed by atoms with Crippen LogP contribution in [0.2, 0.25) is 0 Å². The van der Waals surface area contributed by atoms with Crippen LogP contribution in [0.15, 0.2) is 45.3 Å². The summed E-state index contributed by atoms with van der Waals surface area (Å²) in [7, 11) is 0. The summed E-state index contributed by atoms with van der Waals surface area (Å²) in [5.74, 6) is 0. The highest BCUT2D eigenvalue weighted by Gasteiger charge is 2.31. The number of carbonyl (C=O) groups excluding carboxylic acids is 1. The van der Waals surface area contributed by atoms with Gasteiger partial charge < -0.3 is 9.47 Å². The van der Waals surface area contributed by atoms with Gasteiger partial charge in [0.25, 0.3) is 0 Å². The van der Waals surface area contributed by atoms with Crippen molar-refractivity contribution < 1.29 is 14.3 Å². The number of benzene rings is 2. The molecule has 0 bridgehead atoms. The van der Waals surface area contributed by atoms with Crippen LogP contribution < -0.4 is 0 Å². The molecule has 2 aromatic carbocycles. The number of rotatable bonds is 6. The molecule has 5 nitrogen and oxygen atoms in total. The van der Waals surface area contributed by atoms with Crippen LogP contribution in [0.5, 0.6) is 0 Å². The maximum atomic E-state index is 12.5. The Morgan fingerprint density at radius 1 is 0.833 bits per heavy atom. The molecule has 0 radical (unpaired) electrons. The zero-order chi connectivity index (χ0) is 22.5. The second kappa shape index (κ2) is 9.64. The summed E-state index contributed by atoms with van der Waals surface area (Å²) in [5, 5.41) is 18.6. The molecule has 0 aliphatic rings. The van der Waals surface area contributed by atoms with Crippen LogP contribution >= 0.6 is 31.9 Å². The smallest absolute Gasteiger partial charge is 0.428 e. The van der Waals surface area contributed by atoms with Crippen molar-refractivity contribution in [2.24, 2.45) is 0 Å².